The van der Waals surface area contributed by atoms with Gasteiger partial charge in [-0.15, -0.1) is 0 Å². The number of hydrogen-bond donors (Lipinski definition) is 0. The second-order valence-electron chi connectivity index (χ2n) is 10.1. The Bertz CT molecular complexity index is 1500. The molecule has 214 valence electrons. The average Bonchev–Trinajstić information content (AvgIpc) is 2.99. The van der Waals surface area contributed by atoms with Gasteiger partial charge in [0.1, 0.15) is 17.4 Å². The van der Waals surface area contributed by atoms with Gasteiger partial charge >= 0.3 is 5.97 Å². The zero-order chi connectivity index (χ0) is 29.4. The topological polar surface area (TPSA) is 83.3 Å². The summed E-state index contributed by atoms with van der Waals surface area (Å²) in [7, 11) is 1.38. The third-order valence-electron chi connectivity index (χ3n) is 7.12. The van der Waals surface area contributed by atoms with E-state index in [1.807, 2.05) is 62.4 Å². The summed E-state index contributed by atoms with van der Waals surface area (Å²) in [4.78, 5) is 35.9. The van der Waals surface area contributed by atoms with E-state index in [2.05, 4.69) is 31.0 Å². The minimum atomic E-state index is -0.878. The van der Waals surface area contributed by atoms with Crippen LogP contribution in [-0.2, 0) is 35.2 Å². The van der Waals surface area contributed by atoms with Crippen LogP contribution in [0.15, 0.2) is 71.7 Å². The van der Waals surface area contributed by atoms with Gasteiger partial charge in [0.2, 0.25) is 6.10 Å². The first kappa shape index (κ1) is 29.7. The van der Waals surface area contributed by atoms with Crippen LogP contribution in [0, 0.1) is 6.92 Å². The number of benzene rings is 2. The molecule has 1 unspecified atom stereocenters. The molecule has 4 rings (SSSR count). The highest BCUT2D eigenvalue weighted by molar-refractivity contribution is 5.77. The van der Waals surface area contributed by atoms with Crippen molar-refractivity contribution >= 4 is 5.97 Å². The summed E-state index contributed by atoms with van der Waals surface area (Å²) in [5.41, 5.74) is 5.15. The molecule has 2 aromatic heterocycles. The molecule has 1 atom stereocenters. The molecule has 0 bridgehead atoms. The third kappa shape index (κ3) is 6.73. The van der Waals surface area contributed by atoms with Crippen molar-refractivity contribution in [2.45, 2.75) is 72.3 Å². The molecule has 7 nitrogen and oxygen atoms in total. The van der Waals surface area contributed by atoms with E-state index in [4.69, 9.17) is 14.5 Å². The van der Waals surface area contributed by atoms with Gasteiger partial charge in [0.25, 0.3) is 5.56 Å². The molecule has 0 N–H and O–H groups in total. The lowest BCUT2D eigenvalue weighted by atomic mass is 9.94. The zero-order valence-corrected chi connectivity index (χ0v) is 24.6. The summed E-state index contributed by atoms with van der Waals surface area (Å²) in [5.74, 6) is 1.45. The number of hydrogen-bond acceptors (Lipinski definition) is 6. The molecule has 0 aliphatic carbocycles. The fourth-order valence-electron chi connectivity index (χ4n) is 5.24. The minimum absolute atomic E-state index is 0.0997. The van der Waals surface area contributed by atoms with Crippen LogP contribution in [0.4, 0.5) is 0 Å². The van der Waals surface area contributed by atoms with Crippen LogP contribution in [0.25, 0.3) is 5.82 Å². The summed E-state index contributed by atoms with van der Waals surface area (Å²) in [6.45, 7) is 8.10. The molecule has 0 fully saturated rings. The monoisotopic (exact) mass is 553 g/mol. The number of rotatable bonds is 12. The van der Waals surface area contributed by atoms with Gasteiger partial charge in [0.15, 0.2) is 0 Å². The Labute approximate surface area is 242 Å². The van der Waals surface area contributed by atoms with Crippen molar-refractivity contribution in [3.63, 3.8) is 0 Å². The van der Waals surface area contributed by atoms with E-state index in [0.717, 1.165) is 59.4 Å². The molecule has 0 aliphatic heterocycles. The first-order chi connectivity index (χ1) is 19.9. The fraction of sp³-hybridized carbons (Fsp3) is 0.353. The largest absolute Gasteiger partial charge is 0.473 e. The van der Waals surface area contributed by atoms with Crippen LogP contribution in [0.1, 0.15) is 79.1 Å². The first-order valence-corrected chi connectivity index (χ1v) is 14.4. The van der Waals surface area contributed by atoms with Gasteiger partial charge in [-0.1, -0.05) is 82.1 Å². The molecule has 41 heavy (non-hydrogen) atoms. The van der Waals surface area contributed by atoms with Crippen molar-refractivity contribution in [2.75, 3.05) is 7.11 Å². The van der Waals surface area contributed by atoms with Crippen LogP contribution in [-0.4, -0.2) is 27.6 Å². The van der Waals surface area contributed by atoms with Crippen LogP contribution < -0.4 is 10.3 Å². The number of esters is 1. The predicted molar refractivity (Wildman–Crippen MR) is 161 cm³/mol. The fourth-order valence-corrected chi connectivity index (χ4v) is 5.24. The van der Waals surface area contributed by atoms with Crippen molar-refractivity contribution in [1.29, 1.82) is 0 Å². The number of methoxy groups -OCH3 is 1. The Balaban J connectivity index is 1.82. The standard InChI is InChI=1S/C34H39N3O4/c1-6-14-26-20-24(22-28-29(8-3)36-23(4)37(33(28)38)30-18-12-13-19-35-30)21-27(15-7-2)31(26)41-32(34(39)40-5)25-16-10-9-11-17-25/h9-13,16-21,32H,6-8,14-15,22H2,1-5H3. The number of nitrogens with zero attached hydrogens (tertiary/aromatic N) is 3. The van der Waals surface area contributed by atoms with Crippen molar-refractivity contribution in [3.05, 3.63) is 117 Å². The van der Waals surface area contributed by atoms with Crippen molar-refractivity contribution in [1.82, 2.24) is 14.5 Å². The van der Waals surface area contributed by atoms with Gasteiger partial charge in [-0.3, -0.25) is 4.79 Å². The number of aromatic nitrogens is 3. The Morgan fingerprint density at radius 2 is 1.61 bits per heavy atom. The van der Waals surface area contributed by atoms with E-state index < -0.39 is 12.1 Å². The van der Waals surface area contributed by atoms with E-state index in [1.165, 1.54) is 7.11 Å². The Morgan fingerprint density at radius 1 is 0.951 bits per heavy atom. The molecule has 0 amide bonds. The summed E-state index contributed by atoms with van der Waals surface area (Å²) < 4.78 is 13.2. The number of ether oxygens (including phenoxy) is 2. The molecule has 0 radical (unpaired) electrons. The highest BCUT2D eigenvalue weighted by Crippen LogP contribution is 2.34. The summed E-state index contributed by atoms with van der Waals surface area (Å²) in [6, 6.07) is 19.2. The van der Waals surface area contributed by atoms with Crippen LogP contribution in [0.5, 0.6) is 5.75 Å². The molecule has 4 aromatic rings. The molecule has 0 aliphatic rings. The lowest BCUT2D eigenvalue weighted by molar-refractivity contribution is -0.149. The maximum atomic E-state index is 13.9. The SMILES string of the molecule is CCCc1cc(Cc2c(CC)nc(C)n(-c3ccccn3)c2=O)cc(CCC)c1OC(C(=O)OC)c1ccccc1. The summed E-state index contributed by atoms with van der Waals surface area (Å²) in [5, 5.41) is 0. The lowest BCUT2D eigenvalue weighted by Gasteiger charge is -2.23. The summed E-state index contributed by atoms with van der Waals surface area (Å²) >= 11 is 0. The van der Waals surface area contributed by atoms with E-state index in [-0.39, 0.29) is 5.56 Å². The maximum absolute atomic E-state index is 13.9. The van der Waals surface area contributed by atoms with Gasteiger partial charge in [-0.05, 0) is 55.0 Å². The lowest BCUT2D eigenvalue weighted by Crippen LogP contribution is -2.28. The molecule has 2 aromatic carbocycles. The Hall–Kier alpha value is -4.26. The molecular formula is C34H39N3O4. The Kier molecular flexibility index (Phi) is 10.1. The van der Waals surface area contributed by atoms with Crippen molar-refractivity contribution in [3.8, 4) is 11.6 Å². The van der Waals surface area contributed by atoms with E-state index in [1.54, 1.807) is 10.8 Å². The average molecular weight is 554 g/mol. The van der Waals surface area contributed by atoms with E-state index >= 15 is 0 Å². The number of pyridine rings is 1. The van der Waals surface area contributed by atoms with Crippen LogP contribution in [0.3, 0.4) is 0 Å². The van der Waals surface area contributed by atoms with Crippen molar-refractivity contribution < 1.29 is 14.3 Å². The minimum Gasteiger partial charge on any atom is -0.473 e. The molecule has 7 heteroatoms. The van der Waals surface area contributed by atoms with Crippen LogP contribution in [0.2, 0.25) is 0 Å². The molecule has 0 saturated heterocycles. The third-order valence-corrected chi connectivity index (χ3v) is 7.12. The highest BCUT2D eigenvalue weighted by atomic mass is 16.6. The first-order valence-electron chi connectivity index (χ1n) is 14.4. The van der Waals surface area contributed by atoms with Gasteiger partial charge in [0.05, 0.1) is 12.8 Å². The summed E-state index contributed by atoms with van der Waals surface area (Å²) in [6.07, 6.45) is 5.24. The molecule has 0 spiro atoms. The smallest absolute Gasteiger partial charge is 0.351 e. The van der Waals surface area contributed by atoms with E-state index in [9.17, 15) is 9.59 Å². The van der Waals surface area contributed by atoms with Gasteiger partial charge in [-0.2, -0.15) is 0 Å². The van der Waals surface area contributed by atoms with Gasteiger partial charge in [-0.25, -0.2) is 19.3 Å². The van der Waals surface area contributed by atoms with Crippen LogP contribution >= 0.6 is 0 Å². The van der Waals surface area contributed by atoms with Gasteiger partial charge in [0, 0.05) is 23.7 Å². The molecule has 0 saturated carbocycles. The predicted octanol–water partition coefficient (Wildman–Crippen LogP) is 6.29. The second-order valence-corrected chi connectivity index (χ2v) is 10.1. The molecule has 2 heterocycles. The quantitative estimate of drug-likeness (QED) is 0.192. The number of carbonyl (C=O) groups excluding carboxylic acids is 1. The number of aryl methyl sites for hydroxylation is 4. The van der Waals surface area contributed by atoms with E-state index in [0.29, 0.717) is 30.0 Å². The second kappa shape index (κ2) is 13.9. The Morgan fingerprint density at radius 3 is 2.17 bits per heavy atom. The normalized spacial score (nSPS) is 11.7. The maximum Gasteiger partial charge on any atom is 0.351 e. The zero-order valence-electron chi connectivity index (χ0n) is 24.6. The van der Waals surface area contributed by atoms with Gasteiger partial charge < -0.3 is 9.47 Å². The highest BCUT2D eigenvalue weighted by Gasteiger charge is 2.26. The number of carbonyl (C=O) groups is 1. The molecular weight excluding hydrogens is 514 g/mol. The van der Waals surface area contributed by atoms with Crippen molar-refractivity contribution in [2.24, 2.45) is 0 Å².